The molecule has 0 aliphatic rings. The van der Waals surface area contributed by atoms with E-state index >= 15 is 0 Å². The fraction of sp³-hybridized carbons (Fsp3) is 0.381. The monoisotopic (exact) mass is 325 g/mol. The molecular formula is C21H27NO2. The molecule has 0 aliphatic carbocycles. The Kier molecular flexibility index (Phi) is 5.66. The normalized spacial score (nSPS) is 11.2. The van der Waals surface area contributed by atoms with Gasteiger partial charge in [0.25, 0.3) is 5.91 Å². The maximum Gasteiger partial charge on any atom is 0.251 e. The lowest BCUT2D eigenvalue weighted by molar-refractivity contribution is 0.0947. The van der Waals surface area contributed by atoms with Crippen LogP contribution in [0.5, 0.6) is 5.75 Å². The first-order valence-corrected chi connectivity index (χ1v) is 8.36. The molecule has 3 nitrogen and oxygen atoms in total. The van der Waals surface area contributed by atoms with E-state index in [1.54, 1.807) is 0 Å². The van der Waals surface area contributed by atoms with Crippen LogP contribution in [0.15, 0.2) is 42.5 Å². The summed E-state index contributed by atoms with van der Waals surface area (Å²) in [6.45, 7) is 11.5. The summed E-state index contributed by atoms with van der Waals surface area (Å²) >= 11 is 0. The van der Waals surface area contributed by atoms with Gasteiger partial charge < -0.3 is 10.1 Å². The second-order valence-electron chi connectivity index (χ2n) is 7.20. The first kappa shape index (κ1) is 18.1. The summed E-state index contributed by atoms with van der Waals surface area (Å²) in [4.78, 5) is 12.2. The lowest BCUT2D eigenvalue weighted by Gasteiger charge is -2.19. The van der Waals surface area contributed by atoms with E-state index in [0.29, 0.717) is 18.7 Å². The largest absolute Gasteiger partial charge is 0.491 e. The number of carbonyl (C=O) groups is 1. The van der Waals surface area contributed by atoms with Crippen LogP contribution < -0.4 is 10.1 Å². The van der Waals surface area contributed by atoms with E-state index in [2.05, 4.69) is 39.1 Å². The zero-order valence-electron chi connectivity index (χ0n) is 15.3. The number of benzene rings is 2. The molecule has 1 amide bonds. The van der Waals surface area contributed by atoms with Crippen LogP contribution in [0.25, 0.3) is 0 Å². The molecule has 3 heteroatoms. The molecule has 0 unspecified atom stereocenters. The molecule has 0 radical (unpaired) electrons. The maximum absolute atomic E-state index is 12.2. The highest BCUT2D eigenvalue weighted by Gasteiger charge is 2.14. The standard InChI is InChI=1S/C21H27NO2/c1-15-6-11-19(16(2)14-15)24-13-12-22-20(23)17-7-9-18(10-8-17)21(3,4)5/h6-11,14H,12-13H2,1-5H3,(H,22,23). The summed E-state index contributed by atoms with van der Waals surface area (Å²) < 4.78 is 5.73. The molecule has 2 aromatic rings. The van der Waals surface area contributed by atoms with Crippen molar-refractivity contribution in [3.8, 4) is 5.75 Å². The van der Waals surface area contributed by atoms with Gasteiger partial charge in [0.15, 0.2) is 0 Å². The summed E-state index contributed by atoms with van der Waals surface area (Å²) in [5, 5.41) is 2.89. The first-order chi connectivity index (χ1) is 11.3. The number of rotatable bonds is 5. The van der Waals surface area contributed by atoms with Crippen LogP contribution in [0.3, 0.4) is 0 Å². The first-order valence-electron chi connectivity index (χ1n) is 8.36. The number of hydrogen-bond donors (Lipinski definition) is 1. The van der Waals surface area contributed by atoms with Crippen molar-refractivity contribution in [2.24, 2.45) is 0 Å². The second kappa shape index (κ2) is 7.52. The summed E-state index contributed by atoms with van der Waals surface area (Å²) in [6, 6.07) is 13.9. The SMILES string of the molecule is Cc1ccc(OCCNC(=O)c2ccc(C(C)(C)C)cc2)c(C)c1. The van der Waals surface area contributed by atoms with Crippen molar-refractivity contribution >= 4 is 5.91 Å². The van der Waals surface area contributed by atoms with Gasteiger partial charge in [-0.3, -0.25) is 4.79 Å². The molecule has 0 aromatic heterocycles. The molecule has 1 N–H and O–H groups in total. The smallest absolute Gasteiger partial charge is 0.251 e. The minimum atomic E-state index is -0.0697. The van der Waals surface area contributed by atoms with Gasteiger partial charge in [-0.1, -0.05) is 50.6 Å². The predicted octanol–water partition coefficient (Wildman–Crippen LogP) is 4.41. The number of ether oxygens (including phenoxy) is 1. The van der Waals surface area contributed by atoms with Gasteiger partial charge in [-0.2, -0.15) is 0 Å². The molecule has 0 saturated heterocycles. The number of amides is 1. The Balaban J connectivity index is 1.83. The van der Waals surface area contributed by atoms with E-state index < -0.39 is 0 Å². The van der Waals surface area contributed by atoms with Gasteiger partial charge in [0, 0.05) is 5.56 Å². The molecule has 0 atom stereocenters. The summed E-state index contributed by atoms with van der Waals surface area (Å²) in [5.74, 6) is 0.795. The number of nitrogens with one attached hydrogen (secondary N) is 1. The van der Waals surface area contributed by atoms with E-state index in [-0.39, 0.29) is 11.3 Å². The summed E-state index contributed by atoms with van der Waals surface area (Å²) in [5.41, 5.74) is 4.31. The maximum atomic E-state index is 12.2. The van der Waals surface area contributed by atoms with E-state index in [1.165, 1.54) is 11.1 Å². The fourth-order valence-electron chi connectivity index (χ4n) is 2.51. The number of aryl methyl sites for hydroxylation is 2. The van der Waals surface area contributed by atoms with Crippen molar-refractivity contribution in [1.82, 2.24) is 5.32 Å². The Hall–Kier alpha value is -2.29. The van der Waals surface area contributed by atoms with Crippen molar-refractivity contribution in [2.45, 2.75) is 40.0 Å². The molecule has 0 heterocycles. The molecule has 0 aliphatic heterocycles. The molecule has 0 bridgehead atoms. The Morgan fingerprint density at radius 1 is 1.04 bits per heavy atom. The molecular weight excluding hydrogens is 298 g/mol. The Bertz CT molecular complexity index is 697. The van der Waals surface area contributed by atoms with Crippen LogP contribution in [0.4, 0.5) is 0 Å². The van der Waals surface area contributed by atoms with Gasteiger partial charge >= 0.3 is 0 Å². The highest BCUT2D eigenvalue weighted by atomic mass is 16.5. The topological polar surface area (TPSA) is 38.3 Å². The highest BCUT2D eigenvalue weighted by molar-refractivity contribution is 5.94. The highest BCUT2D eigenvalue weighted by Crippen LogP contribution is 2.22. The molecule has 2 rings (SSSR count). The third-order valence-electron chi connectivity index (χ3n) is 3.99. The fourth-order valence-corrected chi connectivity index (χ4v) is 2.51. The van der Waals surface area contributed by atoms with E-state index in [1.807, 2.05) is 43.3 Å². The average molecular weight is 325 g/mol. The van der Waals surface area contributed by atoms with Gasteiger partial charge in [0.1, 0.15) is 12.4 Å². The minimum Gasteiger partial charge on any atom is -0.491 e. The quantitative estimate of drug-likeness (QED) is 0.827. The third-order valence-corrected chi connectivity index (χ3v) is 3.99. The molecule has 0 spiro atoms. The zero-order valence-corrected chi connectivity index (χ0v) is 15.3. The van der Waals surface area contributed by atoms with Gasteiger partial charge in [-0.15, -0.1) is 0 Å². The summed E-state index contributed by atoms with van der Waals surface area (Å²) in [7, 11) is 0. The van der Waals surface area contributed by atoms with Gasteiger partial charge in [-0.05, 0) is 48.6 Å². The van der Waals surface area contributed by atoms with Crippen molar-refractivity contribution in [3.05, 3.63) is 64.7 Å². The van der Waals surface area contributed by atoms with E-state index in [0.717, 1.165) is 11.3 Å². The van der Waals surface area contributed by atoms with E-state index in [4.69, 9.17) is 4.74 Å². The van der Waals surface area contributed by atoms with Crippen LogP contribution in [-0.2, 0) is 5.41 Å². The van der Waals surface area contributed by atoms with Gasteiger partial charge in [0.05, 0.1) is 6.54 Å². The molecule has 128 valence electrons. The zero-order chi connectivity index (χ0) is 17.7. The molecule has 0 fully saturated rings. The van der Waals surface area contributed by atoms with Crippen LogP contribution in [0.2, 0.25) is 0 Å². The second-order valence-corrected chi connectivity index (χ2v) is 7.20. The van der Waals surface area contributed by atoms with Crippen molar-refractivity contribution < 1.29 is 9.53 Å². The van der Waals surface area contributed by atoms with Gasteiger partial charge in [0.2, 0.25) is 0 Å². The van der Waals surface area contributed by atoms with Crippen LogP contribution in [0, 0.1) is 13.8 Å². The molecule has 24 heavy (non-hydrogen) atoms. The summed E-state index contributed by atoms with van der Waals surface area (Å²) in [6.07, 6.45) is 0. The van der Waals surface area contributed by atoms with Crippen LogP contribution in [-0.4, -0.2) is 19.1 Å². The Morgan fingerprint density at radius 2 is 1.71 bits per heavy atom. The lowest BCUT2D eigenvalue weighted by atomic mass is 9.87. The Morgan fingerprint density at radius 3 is 2.29 bits per heavy atom. The van der Waals surface area contributed by atoms with E-state index in [9.17, 15) is 4.79 Å². The predicted molar refractivity (Wildman–Crippen MR) is 98.9 cm³/mol. The van der Waals surface area contributed by atoms with Crippen molar-refractivity contribution in [1.29, 1.82) is 0 Å². The third kappa shape index (κ3) is 4.85. The molecule has 0 saturated carbocycles. The molecule has 2 aromatic carbocycles. The van der Waals surface area contributed by atoms with Crippen LogP contribution in [0.1, 0.15) is 47.8 Å². The lowest BCUT2D eigenvalue weighted by Crippen LogP contribution is -2.28. The minimum absolute atomic E-state index is 0.0697. The van der Waals surface area contributed by atoms with Crippen LogP contribution >= 0.6 is 0 Å². The average Bonchev–Trinajstić information content (AvgIpc) is 2.52. The number of hydrogen-bond acceptors (Lipinski definition) is 2. The van der Waals surface area contributed by atoms with Crippen molar-refractivity contribution in [2.75, 3.05) is 13.2 Å². The Labute approximate surface area is 145 Å². The van der Waals surface area contributed by atoms with Crippen molar-refractivity contribution in [3.63, 3.8) is 0 Å². The van der Waals surface area contributed by atoms with Gasteiger partial charge in [-0.25, -0.2) is 0 Å². The number of carbonyl (C=O) groups excluding carboxylic acids is 1.